The molecule has 0 saturated carbocycles. The molecule has 0 unspecified atom stereocenters. The van der Waals surface area contributed by atoms with Crippen LogP contribution in [-0.2, 0) is 4.79 Å². The van der Waals surface area contributed by atoms with E-state index in [0.29, 0.717) is 18.8 Å². The molecule has 0 aliphatic heterocycles. The molecule has 1 aromatic rings. The van der Waals surface area contributed by atoms with Gasteiger partial charge in [0.05, 0.1) is 6.20 Å². The summed E-state index contributed by atoms with van der Waals surface area (Å²) in [5, 5.41) is 5.51. The molecule has 1 heterocycles. The number of nitrogens with one attached hydrogen (secondary N) is 2. The molecule has 2 N–H and O–H groups in total. The molecule has 0 fully saturated rings. The number of carbonyl (C=O) groups excluding carboxylic acids is 1. The number of amides is 1. The first-order chi connectivity index (χ1) is 6.33. The van der Waals surface area contributed by atoms with E-state index in [2.05, 4.69) is 20.6 Å². The topological polar surface area (TPSA) is 66.9 Å². The highest BCUT2D eigenvalue weighted by Gasteiger charge is 2.00. The Morgan fingerprint density at radius 2 is 2.38 bits per heavy atom. The van der Waals surface area contributed by atoms with Crippen LogP contribution in [0.5, 0.6) is 0 Å². The number of nitrogens with zero attached hydrogens (tertiary/aromatic N) is 2. The summed E-state index contributed by atoms with van der Waals surface area (Å²) in [6.07, 6.45) is 5.04. The van der Waals surface area contributed by atoms with Crippen LogP contribution in [-0.4, -0.2) is 29.5 Å². The lowest BCUT2D eigenvalue weighted by Crippen LogP contribution is -2.19. The Bertz CT molecular complexity index is 262. The first-order valence-corrected chi connectivity index (χ1v) is 4.03. The zero-order chi connectivity index (χ0) is 9.52. The van der Waals surface area contributed by atoms with Crippen molar-refractivity contribution in [1.82, 2.24) is 15.3 Å². The average molecular weight is 180 g/mol. The van der Waals surface area contributed by atoms with Crippen LogP contribution in [0.1, 0.15) is 6.42 Å². The van der Waals surface area contributed by atoms with Gasteiger partial charge in [-0.3, -0.25) is 9.78 Å². The predicted molar refractivity (Wildman–Crippen MR) is 49.2 cm³/mol. The lowest BCUT2D eigenvalue weighted by Gasteiger charge is -2.02. The minimum atomic E-state index is -0.0603. The van der Waals surface area contributed by atoms with E-state index in [0.717, 1.165) is 0 Å². The SMILES string of the molecule is CNCCC(=O)Nc1cnccn1. The van der Waals surface area contributed by atoms with Crippen molar-refractivity contribution in [2.24, 2.45) is 0 Å². The molecule has 0 atom stereocenters. The van der Waals surface area contributed by atoms with Crippen LogP contribution in [0.2, 0.25) is 0 Å². The highest BCUT2D eigenvalue weighted by atomic mass is 16.1. The summed E-state index contributed by atoms with van der Waals surface area (Å²) in [6, 6.07) is 0. The van der Waals surface area contributed by atoms with Crippen molar-refractivity contribution < 1.29 is 4.79 Å². The summed E-state index contributed by atoms with van der Waals surface area (Å²) in [5.74, 6) is 0.429. The van der Waals surface area contributed by atoms with Crippen LogP contribution in [0.4, 0.5) is 5.82 Å². The number of carbonyl (C=O) groups is 1. The molecule has 13 heavy (non-hydrogen) atoms. The largest absolute Gasteiger partial charge is 0.319 e. The maximum absolute atomic E-state index is 11.2. The Labute approximate surface area is 76.6 Å². The van der Waals surface area contributed by atoms with Crippen LogP contribution in [0.3, 0.4) is 0 Å². The van der Waals surface area contributed by atoms with Gasteiger partial charge < -0.3 is 10.6 Å². The number of hydrogen-bond donors (Lipinski definition) is 2. The van der Waals surface area contributed by atoms with E-state index < -0.39 is 0 Å². The van der Waals surface area contributed by atoms with Crippen LogP contribution in [0.25, 0.3) is 0 Å². The average Bonchev–Trinajstić information content (AvgIpc) is 2.16. The predicted octanol–water partition coefficient (Wildman–Crippen LogP) is 0.0246. The van der Waals surface area contributed by atoms with Gasteiger partial charge >= 0.3 is 0 Å². The standard InChI is InChI=1S/C8H12N4O/c1-9-3-2-8(13)12-7-6-10-4-5-11-7/h4-6,9H,2-3H2,1H3,(H,11,12,13). The second-order valence-corrected chi connectivity index (χ2v) is 2.49. The molecule has 0 aliphatic rings. The van der Waals surface area contributed by atoms with Crippen LogP contribution < -0.4 is 10.6 Å². The second kappa shape index (κ2) is 5.21. The Balaban J connectivity index is 2.37. The molecule has 0 aromatic carbocycles. The Hall–Kier alpha value is -1.49. The van der Waals surface area contributed by atoms with Crippen molar-refractivity contribution in [3.05, 3.63) is 18.6 Å². The minimum Gasteiger partial charge on any atom is -0.319 e. The van der Waals surface area contributed by atoms with Crippen molar-refractivity contribution in [2.75, 3.05) is 18.9 Å². The molecule has 5 heteroatoms. The van der Waals surface area contributed by atoms with Crippen molar-refractivity contribution in [1.29, 1.82) is 0 Å². The van der Waals surface area contributed by atoms with E-state index in [1.807, 2.05) is 0 Å². The minimum absolute atomic E-state index is 0.0603. The van der Waals surface area contributed by atoms with Crippen molar-refractivity contribution in [2.45, 2.75) is 6.42 Å². The zero-order valence-corrected chi connectivity index (χ0v) is 7.45. The summed E-state index contributed by atoms with van der Waals surface area (Å²) in [4.78, 5) is 18.9. The van der Waals surface area contributed by atoms with Gasteiger partial charge in [-0.25, -0.2) is 4.98 Å². The third-order valence-corrected chi connectivity index (χ3v) is 1.43. The van der Waals surface area contributed by atoms with Crippen molar-refractivity contribution in [3.8, 4) is 0 Å². The summed E-state index contributed by atoms with van der Waals surface area (Å²) in [5.41, 5.74) is 0. The molecular formula is C8H12N4O. The van der Waals surface area contributed by atoms with Gasteiger partial charge in [0.15, 0.2) is 5.82 Å². The van der Waals surface area contributed by atoms with E-state index >= 15 is 0 Å². The molecule has 0 spiro atoms. The van der Waals surface area contributed by atoms with Crippen LogP contribution >= 0.6 is 0 Å². The van der Waals surface area contributed by atoms with Gasteiger partial charge in [-0.1, -0.05) is 0 Å². The third kappa shape index (κ3) is 3.62. The van der Waals surface area contributed by atoms with Gasteiger partial charge in [0.1, 0.15) is 0 Å². The van der Waals surface area contributed by atoms with E-state index in [1.54, 1.807) is 13.2 Å². The molecule has 0 saturated heterocycles. The number of aromatic nitrogens is 2. The lowest BCUT2D eigenvalue weighted by atomic mass is 10.4. The van der Waals surface area contributed by atoms with E-state index in [-0.39, 0.29) is 5.91 Å². The summed E-state index contributed by atoms with van der Waals surface area (Å²) in [7, 11) is 1.80. The fourth-order valence-corrected chi connectivity index (χ4v) is 0.808. The molecule has 1 rings (SSSR count). The highest BCUT2D eigenvalue weighted by molar-refractivity contribution is 5.89. The Morgan fingerprint density at radius 3 is 3.00 bits per heavy atom. The highest BCUT2D eigenvalue weighted by Crippen LogP contribution is 1.97. The molecular weight excluding hydrogens is 168 g/mol. The lowest BCUT2D eigenvalue weighted by molar-refractivity contribution is -0.116. The maximum atomic E-state index is 11.2. The molecule has 5 nitrogen and oxygen atoms in total. The summed E-state index contributed by atoms with van der Waals surface area (Å²) in [6.45, 7) is 0.659. The molecule has 0 radical (unpaired) electrons. The zero-order valence-electron chi connectivity index (χ0n) is 7.45. The number of anilines is 1. The van der Waals surface area contributed by atoms with E-state index in [9.17, 15) is 4.79 Å². The van der Waals surface area contributed by atoms with Crippen LogP contribution in [0, 0.1) is 0 Å². The second-order valence-electron chi connectivity index (χ2n) is 2.49. The van der Waals surface area contributed by atoms with Crippen LogP contribution in [0.15, 0.2) is 18.6 Å². The van der Waals surface area contributed by atoms with Gasteiger partial charge in [-0.05, 0) is 7.05 Å². The Kier molecular flexibility index (Phi) is 3.84. The van der Waals surface area contributed by atoms with Gasteiger partial charge in [-0.15, -0.1) is 0 Å². The van der Waals surface area contributed by atoms with Gasteiger partial charge in [0, 0.05) is 25.4 Å². The molecule has 1 amide bonds. The van der Waals surface area contributed by atoms with Gasteiger partial charge in [0.25, 0.3) is 0 Å². The molecule has 1 aromatic heterocycles. The first-order valence-electron chi connectivity index (χ1n) is 4.03. The fraction of sp³-hybridized carbons (Fsp3) is 0.375. The van der Waals surface area contributed by atoms with E-state index in [4.69, 9.17) is 0 Å². The molecule has 0 bridgehead atoms. The first kappa shape index (κ1) is 9.60. The van der Waals surface area contributed by atoms with Gasteiger partial charge in [-0.2, -0.15) is 0 Å². The smallest absolute Gasteiger partial charge is 0.226 e. The third-order valence-electron chi connectivity index (χ3n) is 1.43. The monoisotopic (exact) mass is 180 g/mol. The maximum Gasteiger partial charge on any atom is 0.226 e. The van der Waals surface area contributed by atoms with Crippen molar-refractivity contribution >= 4 is 11.7 Å². The normalized spacial score (nSPS) is 9.62. The quantitative estimate of drug-likeness (QED) is 0.685. The summed E-state index contributed by atoms with van der Waals surface area (Å²) >= 11 is 0. The van der Waals surface area contributed by atoms with E-state index in [1.165, 1.54) is 12.4 Å². The fourth-order valence-electron chi connectivity index (χ4n) is 0.808. The van der Waals surface area contributed by atoms with Gasteiger partial charge in [0.2, 0.25) is 5.91 Å². The molecule has 70 valence electrons. The number of hydrogen-bond acceptors (Lipinski definition) is 4. The Morgan fingerprint density at radius 1 is 1.54 bits per heavy atom. The summed E-state index contributed by atoms with van der Waals surface area (Å²) < 4.78 is 0. The van der Waals surface area contributed by atoms with Crippen molar-refractivity contribution in [3.63, 3.8) is 0 Å². The number of rotatable bonds is 4. The molecule has 0 aliphatic carbocycles.